The molecule has 1 amide bonds. The maximum absolute atomic E-state index is 12.1. The molecule has 2 N–H and O–H groups in total. The Morgan fingerprint density at radius 3 is 2.74 bits per heavy atom. The molecule has 98 valence electrons. The minimum atomic E-state index is -0.192. The van der Waals surface area contributed by atoms with Gasteiger partial charge >= 0.3 is 0 Å². The van der Waals surface area contributed by atoms with Gasteiger partial charge in [0.15, 0.2) is 0 Å². The molecule has 0 atom stereocenters. The lowest BCUT2D eigenvalue weighted by atomic mass is 10.0. The van der Waals surface area contributed by atoms with Gasteiger partial charge in [-0.2, -0.15) is 0 Å². The van der Waals surface area contributed by atoms with Crippen LogP contribution in [-0.4, -0.2) is 10.9 Å². The van der Waals surface area contributed by atoms with Crippen LogP contribution in [0.5, 0.6) is 0 Å². The summed E-state index contributed by atoms with van der Waals surface area (Å²) < 4.78 is 0.444. The third kappa shape index (κ3) is 3.29. The molecule has 0 saturated carbocycles. The molecule has 1 aromatic carbocycles. The summed E-state index contributed by atoms with van der Waals surface area (Å²) in [7, 11) is 0. The van der Waals surface area contributed by atoms with Gasteiger partial charge in [-0.05, 0) is 35.7 Å². The summed E-state index contributed by atoms with van der Waals surface area (Å²) in [6.45, 7) is 4.24. The summed E-state index contributed by atoms with van der Waals surface area (Å²) >= 11 is 5.10. The first-order valence-electron chi connectivity index (χ1n) is 6.17. The van der Waals surface area contributed by atoms with Gasteiger partial charge in [0.25, 0.3) is 5.91 Å². The van der Waals surface area contributed by atoms with Crippen molar-refractivity contribution in [2.45, 2.75) is 19.8 Å². The molecule has 2 aromatic rings. The summed E-state index contributed by atoms with van der Waals surface area (Å²) in [6, 6.07) is 11.3. The second-order valence-corrected chi connectivity index (χ2v) is 5.06. The Morgan fingerprint density at radius 1 is 1.26 bits per heavy atom. The molecular weight excluding hydrogens is 256 g/mol. The molecule has 0 aliphatic heterocycles. The molecule has 0 radical (unpaired) electrons. The van der Waals surface area contributed by atoms with Crippen LogP contribution in [0.2, 0.25) is 0 Å². The molecule has 0 bridgehead atoms. The van der Waals surface area contributed by atoms with Crippen LogP contribution in [0.4, 0.5) is 5.69 Å². The number of anilines is 1. The monoisotopic (exact) mass is 272 g/mol. The molecule has 0 aliphatic carbocycles. The topological polar surface area (TPSA) is 44.9 Å². The van der Waals surface area contributed by atoms with E-state index in [0.29, 0.717) is 16.1 Å². The van der Waals surface area contributed by atoms with Gasteiger partial charge < -0.3 is 10.3 Å². The molecule has 1 heterocycles. The zero-order valence-electron chi connectivity index (χ0n) is 10.9. The summed E-state index contributed by atoms with van der Waals surface area (Å²) in [5, 5.41) is 2.87. The minimum Gasteiger partial charge on any atom is -0.352 e. The van der Waals surface area contributed by atoms with Crippen molar-refractivity contribution in [1.82, 2.24) is 4.98 Å². The first-order chi connectivity index (χ1) is 9.08. The van der Waals surface area contributed by atoms with E-state index < -0.39 is 0 Å². The van der Waals surface area contributed by atoms with E-state index in [0.717, 1.165) is 5.69 Å². The van der Waals surface area contributed by atoms with E-state index in [1.165, 1.54) is 5.56 Å². The van der Waals surface area contributed by atoms with Gasteiger partial charge in [-0.1, -0.05) is 38.2 Å². The van der Waals surface area contributed by atoms with Gasteiger partial charge in [0, 0.05) is 11.9 Å². The van der Waals surface area contributed by atoms with Crippen molar-refractivity contribution in [2.75, 3.05) is 5.32 Å². The predicted molar refractivity (Wildman–Crippen MR) is 80.1 cm³/mol. The first-order valence-corrected chi connectivity index (χ1v) is 6.58. The standard InChI is InChI=1S/C15H16N2OS/c1-10(2)11-5-3-6-12(9-11)17-14(18)13-7-4-8-16-15(13)19/h3-10H,1-2H3,(H,16,19)(H,17,18). The first kappa shape index (κ1) is 13.5. The summed E-state index contributed by atoms with van der Waals surface area (Å²) in [6.07, 6.45) is 1.71. The molecule has 2 rings (SSSR count). The maximum Gasteiger partial charge on any atom is 0.258 e. The fraction of sp³-hybridized carbons (Fsp3) is 0.200. The maximum atomic E-state index is 12.1. The highest BCUT2D eigenvalue weighted by Gasteiger charge is 2.08. The number of hydrogen-bond acceptors (Lipinski definition) is 2. The number of hydrogen-bond donors (Lipinski definition) is 2. The van der Waals surface area contributed by atoms with Crippen LogP contribution in [0.25, 0.3) is 0 Å². The van der Waals surface area contributed by atoms with Gasteiger partial charge in [0.1, 0.15) is 4.64 Å². The normalized spacial score (nSPS) is 10.5. The second-order valence-electron chi connectivity index (χ2n) is 4.65. The van der Waals surface area contributed by atoms with E-state index in [9.17, 15) is 4.79 Å². The summed E-state index contributed by atoms with van der Waals surface area (Å²) in [5.74, 6) is 0.235. The zero-order valence-corrected chi connectivity index (χ0v) is 11.8. The average Bonchev–Trinajstić information content (AvgIpc) is 2.39. The van der Waals surface area contributed by atoms with Crippen LogP contribution in [0.15, 0.2) is 42.6 Å². The third-order valence-electron chi connectivity index (χ3n) is 2.87. The van der Waals surface area contributed by atoms with E-state index in [2.05, 4.69) is 30.2 Å². The van der Waals surface area contributed by atoms with Gasteiger partial charge in [0.2, 0.25) is 0 Å². The van der Waals surface area contributed by atoms with Crippen molar-refractivity contribution in [1.29, 1.82) is 0 Å². The van der Waals surface area contributed by atoms with Crippen LogP contribution in [-0.2, 0) is 0 Å². The van der Waals surface area contributed by atoms with E-state index in [-0.39, 0.29) is 5.91 Å². The molecule has 1 aromatic heterocycles. The van der Waals surface area contributed by atoms with Crippen molar-refractivity contribution >= 4 is 23.8 Å². The highest BCUT2D eigenvalue weighted by atomic mass is 32.1. The van der Waals surface area contributed by atoms with Crippen molar-refractivity contribution in [3.8, 4) is 0 Å². The number of carbonyl (C=O) groups excluding carboxylic acids is 1. The van der Waals surface area contributed by atoms with Gasteiger partial charge in [-0.3, -0.25) is 4.79 Å². The fourth-order valence-electron chi connectivity index (χ4n) is 1.77. The van der Waals surface area contributed by atoms with Gasteiger partial charge in [0.05, 0.1) is 5.56 Å². The van der Waals surface area contributed by atoms with Crippen LogP contribution < -0.4 is 5.32 Å². The lowest BCUT2D eigenvalue weighted by Gasteiger charge is -2.09. The van der Waals surface area contributed by atoms with Crippen LogP contribution in [0, 0.1) is 4.64 Å². The van der Waals surface area contributed by atoms with E-state index in [4.69, 9.17) is 12.2 Å². The largest absolute Gasteiger partial charge is 0.352 e. The van der Waals surface area contributed by atoms with Gasteiger partial charge in [-0.15, -0.1) is 0 Å². The molecule has 0 aliphatic rings. The molecule has 3 nitrogen and oxygen atoms in total. The minimum absolute atomic E-state index is 0.192. The van der Waals surface area contributed by atoms with Crippen LogP contribution >= 0.6 is 12.2 Å². The Labute approximate surface area is 117 Å². The van der Waals surface area contributed by atoms with Crippen LogP contribution in [0.3, 0.4) is 0 Å². The number of rotatable bonds is 3. The Kier molecular flexibility index (Phi) is 4.12. The van der Waals surface area contributed by atoms with Crippen molar-refractivity contribution in [3.63, 3.8) is 0 Å². The number of carbonyl (C=O) groups is 1. The number of H-pyrrole nitrogens is 1. The molecule has 0 saturated heterocycles. The molecule has 0 unspecified atom stereocenters. The quantitative estimate of drug-likeness (QED) is 0.825. The lowest BCUT2D eigenvalue weighted by molar-refractivity contribution is 0.102. The predicted octanol–water partition coefficient (Wildman–Crippen LogP) is 4.12. The SMILES string of the molecule is CC(C)c1cccc(NC(=O)c2ccc[nH]c2=S)c1. The third-order valence-corrected chi connectivity index (χ3v) is 3.21. The molecule has 19 heavy (non-hydrogen) atoms. The number of amides is 1. The molecule has 4 heteroatoms. The molecule has 0 fully saturated rings. The number of aromatic nitrogens is 1. The van der Waals surface area contributed by atoms with E-state index >= 15 is 0 Å². The number of benzene rings is 1. The van der Waals surface area contributed by atoms with Crippen molar-refractivity contribution < 1.29 is 4.79 Å². The van der Waals surface area contributed by atoms with E-state index in [1.807, 2.05) is 18.2 Å². The Morgan fingerprint density at radius 2 is 2.05 bits per heavy atom. The van der Waals surface area contributed by atoms with Crippen LogP contribution in [0.1, 0.15) is 35.7 Å². The number of aromatic amines is 1. The molecule has 0 spiro atoms. The fourth-order valence-corrected chi connectivity index (χ4v) is 2.00. The molecular formula is C15H16N2OS. The van der Waals surface area contributed by atoms with Gasteiger partial charge in [-0.25, -0.2) is 0 Å². The van der Waals surface area contributed by atoms with E-state index in [1.54, 1.807) is 18.3 Å². The second kappa shape index (κ2) is 5.80. The zero-order chi connectivity index (χ0) is 13.8. The average molecular weight is 272 g/mol. The highest BCUT2D eigenvalue weighted by Crippen LogP contribution is 2.19. The Balaban J connectivity index is 2.22. The van der Waals surface area contributed by atoms with Crippen molar-refractivity contribution in [2.24, 2.45) is 0 Å². The van der Waals surface area contributed by atoms with Crippen molar-refractivity contribution in [3.05, 3.63) is 58.4 Å². The summed E-state index contributed by atoms with van der Waals surface area (Å²) in [5.41, 5.74) is 2.46. The highest BCUT2D eigenvalue weighted by molar-refractivity contribution is 7.71. The number of nitrogens with one attached hydrogen (secondary N) is 2. The lowest BCUT2D eigenvalue weighted by Crippen LogP contribution is -2.13. The Bertz CT molecular complexity index is 646. The summed E-state index contributed by atoms with van der Waals surface area (Å²) in [4.78, 5) is 15.0. The number of pyridine rings is 1. The smallest absolute Gasteiger partial charge is 0.258 e. The Hall–Kier alpha value is -1.94.